The highest BCUT2D eigenvalue weighted by Gasteiger charge is 2.55. The largest absolute Gasteiger partial charge is 0.416 e. The molecule has 3 rings (SSSR count). The summed E-state index contributed by atoms with van der Waals surface area (Å²) in [6, 6.07) is 4.93. The van der Waals surface area contributed by atoms with E-state index >= 15 is 0 Å². The molecule has 0 radical (unpaired) electrons. The molecule has 2 aliphatic rings. The molecule has 2 atom stereocenters. The first-order chi connectivity index (χ1) is 8.97. The smallest absolute Gasteiger partial charge is 0.299 e. The van der Waals surface area contributed by atoms with Crippen LogP contribution in [0.25, 0.3) is 0 Å². The van der Waals surface area contributed by atoms with Gasteiger partial charge in [-0.1, -0.05) is 18.6 Å². The van der Waals surface area contributed by atoms with E-state index in [1.807, 2.05) is 0 Å². The average molecular weight is 268 g/mol. The summed E-state index contributed by atoms with van der Waals surface area (Å²) in [7, 11) is 0. The van der Waals surface area contributed by atoms with E-state index in [-0.39, 0.29) is 18.1 Å². The summed E-state index contributed by atoms with van der Waals surface area (Å²) in [5.74, 6) is 1.54. The lowest BCUT2D eigenvalue weighted by Crippen LogP contribution is -2.10. The Morgan fingerprint density at radius 1 is 1.11 bits per heavy atom. The Kier molecular flexibility index (Phi) is 2.91. The Morgan fingerprint density at radius 3 is 2.21 bits per heavy atom. The van der Waals surface area contributed by atoms with Crippen LogP contribution in [0, 0.1) is 17.8 Å². The van der Waals surface area contributed by atoms with Gasteiger partial charge in [-0.25, -0.2) is 0 Å². The molecule has 0 aliphatic heterocycles. The fourth-order valence-electron chi connectivity index (χ4n) is 3.43. The molecule has 2 saturated carbocycles. The van der Waals surface area contributed by atoms with E-state index in [9.17, 15) is 18.0 Å². The van der Waals surface area contributed by atoms with Gasteiger partial charge >= 0.3 is 6.18 Å². The third-order valence-corrected chi connectivity index (χ3v) is 4.44. The van der Waals surface area contributed by atoms with Crippen LogP contribution >= 0.6 is 0 Å². The van der Waals surface area contributed by atoms with Gasteiger partial charge in [0.05, 0.1) is 5.56 Å². The summed E-state index contributed by atoms with van der Waals surface area (Å²) in [6.45, 7) is 0. The number of hydrogen-bond donors (Lipinski definition) is 0. The predicted molar refractivity (Wildman–Crippen MR) is 64.5 cm³/mol. The van der Waals surface area contributed by atoms with Gasteiger partial charge in [0.2, 0.25) is 0 Å². The molecule has 19 heavy (non-hydrogen) atoms. The number of ketones is 1. The minimum atomic E-state index is -4.31. The SMILES string of the molecule is O=C(Cc1ccc(C(F)(F)F)cc1)C1C2CCCC21. The summed E-state index contributed by atoms with van der Waals surface area (Å²) >= 11 is 0. The van der Waals surface area contributed by atoms with Crippen LogP contribution in [-0.2, 0) is 17.4 Å². The number of hydrogen-bond acceptors (Lipinski definition) is 1. The number of alkyl halides is 3. The minimum absolute atomic E-state index is 0.191. The van der Waals surface area contributed by atoms with Gasteiger partial charge in [0, 0.05) is 12.3 Å². The van der Waals surface area contributed by atoms with Crippen LogP contribution in [0.5, 0.6) is 0 Å². The van der Waals surface area contributed by atoms with E-state index in [0.29, 0.717) is 17.4 Å². The normalized spacial score (nSPS) is 29.1. The molecule has 1 aromatic carbocycles. The zero-order valence-corrected chi connectivity index (χ0v) is 10.4. The first kappa shape index (κ1) is 12.7. The molecule has 2 fully saturated rings. The van der Waals surface area contributed by atoms with Gasteiger partial charge in [0.25, 0.3) is 0 Å². The van der Waals surface area contributed by atoms with Gasteiger partial charge in [0.1, 0.15) is 5.78 Å². The van der Waals surface area contributed by atoms with Crippen molar-refractivity contribution in [3.63, 3.8) is 0 Å². The lowest BCUT2D eigenvalue weighted by Gasteiger charge is -2.07. The number of Topliss-reactive ketones (excluding diaryl/α,β-unsaturated/α-hetero) is 1. The molecule has 102 valence electrons. The van der Waals surface area contributed by atoms with Crippen LogP contribution < -0.4 is 0 Å². The van der Waals surface area contributed by atoms with Crippen LogP contribution in [0.4, 0.5) is 13.2 Å². The predicted octanol–water partition coefficient (Wildman–Crippen LogP) is 3.86. The number of fused-ring (bicyclic) bond motifs is 1. The molecule has 4 heteroatoms. The third kappa shape index (κ3) is 2.40. The molecule has 1 aromatic rings. The second kappa shape index (κ2) is 4.36. The molecular formula is C15H15F3O. The maximum Gasteiger partial charge on any atom is 0.416 e. The lowest BCUT2D eigenvalue weighted by molar-refractivity contribution is -0.137. The zero-order chi connectivity index (χ0) is 13.6. The van der Waals surface area contributed by atoms with Crippen molar-refractivity contribution < 1.29 is 18.0 Å². The van der Waals surface area contributed by atoms with Crippen LogP contribution in [0.2, 0.25) is 0 Å². The van der Waals surface area contributed by atoms with Crippen molar-refractivity contribution in [1.82, 2.24) is 0 Å². The number of carbonyl (C=O) groups excluding carboxylic acids is 1. The summed E-state index contributed by atoms with van der Waals surface area (Å²) in [6.07, 6.45) is -0.520. The summed E-state index contributed by atoms with van der Waals surface area (Å²) in [5, 5.41) is 0. The highest BCUT2D eigenvalue weighted by molar-refractivity contribution is 5.86. The number of benzene rings is 1. The Hall–Kier alpha value is -1.32. The van der Waals surface area contributed by atoms with Crippen LogP contribution in [0.1, 0.15) is 30.4 Å². The minimum Gasteiger partial charge on any atom is -0.299 e. The van der Waals surface area contributed by atoms with Gasteiger partial charge in [-0.05, 0) is 42.4 Å². The van der Waals surface area contributed by atoms with Gasteiger partial charge in [-0.15, -0.1) is 0 Å². The Morgan fingerprint density at radius 2 is 1.68 bits per heavy atom. The van der Waals surface area contributed by atoms with Crippen molar-refractivity contribution in [2.45, 2.75) is 31.9 Å². The quantitative estimate of drug-likeness (QED) is 0.813. The van der Waals surface area contributed by atoms with E-state index in [0.717, 1.165) is 25.0 Å². The average Bonchev–Trinajstić information content (AvgIpc) is 2.83. The number of carbonyl (C=O) groups is 1. The monoisotopic (exact) mass is 268 g/mol. The lowest BCUT2D eigenvalue weighted by atomic mass is 10.0. The topological polar surface area (TPSA) is 17.1 Å². The maximum absolute atomic E-state index is 12.4. The number of halogens is 3. The van der Waals surface area contributed by atoms with Gasteiger partial charge in [0.15, 0.2) is 0 Å². The molecule has 2 unspecified atom stereocenters. The summed E-state index contributed by atoms with van der Waals surface area (Å²) in [5.41, 5.74) is 0.0231. The molecule has 2 aliphatic carbocycles. The second-order valence-electron chi connectivity index (χ2n) is 5.62. The molecule has 0 aromatic heterocycles. The first-order valence-corrected chi connectivity index (χ1v) is 6.65. The third-order valence-electron chi connectivity index (χ3n) is 4.44. The van der Waals surface area contributed by atoms with Crippen LogP contribution in [0.3, 0.4) is 0 Å². The van der Waals surface area contributed by atoms with Crippen molar-refractivity contribution in [3.05, 3.63) is 35.4 Å². The number of rotatable bonds is 3. The molecule has 0 spiro atoms. The van der Waals surface area contributed by atoms with Gasteiger partial charge < -0.3 is 0 Å². The molecule has 0 saturated heterocycles. The fourth-order valence-corrected chi connectivity index (χ4v) is 3.43. The van der Waals surface area contributed by atoms with Crippen molar-refractivity contribution in [1.29, 1.82) is 0 Å². The molecule has 0 amide bonds. The van der Waals surface area contributed by atoms with Crippen LogP contribution in [-0.4, -0.2) is 5.78 Å². The van der Waals surface area contributed by atoms with Crippen molar-refractivity contribution in [2.75, 3.05) is 0 Å². The Balaban J connectivity index is 1.63. The van der Waals surface area contributed by atoms with E-state index in [2.05, 4.69) is 0 Å². The van der Waals surface area contributed by atoms with Gasteiger partial charge in [-0.3, -0.25) is 4.79 Å². The van der Waals surface area contributed by atoms with E-state index in [1.54, 1.807) is 0 Å². The second-order valence-corrected chi connectivity index (χ2v) is 5.62. The fraction of sp³-hybridized carbons (Fsp3) is 0.533. The van der Waals surface area contributed by atoms with Crippen molar-refractivity contribution in [3.8, 4) is 0 Å². The van der Waals surface area contributed by atoms with Crippen molar-refractivity contribution in [2.24, 2.45) is 17.8 Å². The first-order valence-electron chi connectivity index (χ1n) is 6.65. The highest BCUT2D eigenvalue weighted by Crippen LogP contribution is 2.58. The molecule has 0 heterocycles. The Bertz CT molecular complexity index is 479. The molecule has 1 nitrogen and oxygen atoms in total. The molecule has 0 bridgehead atoms. The maximum atomic E-state index is 12.4. The summed E-state index contributed by atoms with van der Waals surface area (Å²) in [4.78, 5) is 12.0. The highest BCUT2D eigenvalue weighted by atomic mass is 19.4. The van der Waals surface area contributed by atoms with Crippen LogP contribution in [0.15, 0.2) is 24.3 Å². The van der Waals surface area contributed by atoms with E-state index in [4.69, 9.17) is 0 Å². The zero-order valence-electron chi connectivity index (χ0n) is 10.4. The van der Waals surface area contributed by atoms with Crippen molar-refractivity contribution >= 4 is 5.78 Å². The summed E-state index contributed by atoms with van der Waals surface area (Å²) < 4.78 is 37.2. The molecular weight excluding hydrogens is 253 g/mol. The van der Waals surface area contributed by atoms with E-state index in [1.165, 1.54) is 18.6 Å². The standard InChI is InChI=1S/C15H15F3O/c16-15(17,18)10-6-4-9(5-7-10)8-13(19)14-11-2-1-3-12(11)14/h4-7,11-12,14H,1-3,8H2. The van der Waals surface area contributed by atoms with E-state index < -0.39 is 11.7 Å². The van der Waals surface area contributed by atoms with Gasteiger partial charge in [-0.2, -0.15) is 13.2 Å². The Labute approximate surface area is 109 Å². The molecule has 0 N–H and O–H groups in total.